The molecule has 0 nitrogen and oxygen atoms in total. The average Bonchev–Trinajstić information content (AvgIpc) is 1.79. The van der Waals surface area contributed by atoms with Gasteiger partial charge in [0.05, 0.1) is 5.41 Å². The highest BCUT2D eigenvalue weighted by atomic mass is 19.4. The van der Waals surface area contributed by atoms with Crippen LogP contribution in [0.4, 0.5) is 26.3 Å². The van der Waals surface area contributed by atoms with E-state index in [9.17, 15) is 26.3 Å². The van der Waals surface area contributed by atoms with Crippen LogP contribution in [-0.2, 0) is 0 Å². The van der Waals surface area contributed by atoms with Crippen molar-refractivity contribution in [3.8, 4) is 0 Å². The van der Waals surface area contributed by atoms with Crippen molar-refractivity contribution in [2.24, 2.45) is 5.41 Å². The molecular weight excluding hydrogens is 198 g/mol. The Kier molecular flexibility index (Phi) is 3.27. The van der Waals surface area contributed by atoms with Crippen molar-refractivity contribution < 1.29 is 26.3 Å². The molecule has 0 radical (unpaired) electrons. The van der Waals surface area contributed by atoms with Crippen molar-refractivity contribution in [1.29, 1.82) is 0 Å². The summed E-state index contributed by atoms with van der Waals surface area (Å²) in [6, 6.07) is 0. The van der Waals surface area contributed by atoms with Crippen LogP contribution in [0.2, 0.25) is 0 Å². The first-order valence-corrected chi connectivity index (χ1v) is 3.59. The first kappa shape index (κ1) is 12.6. The third-order valence-corrected chi connectivity index (χ3v) is 1.80. The minimum atomic E-state index is -4.59. The molecule has 0 aliphatic rings. The summed E-state index contributed by atoms with van der Waals surface area (Å²) in [6.45, 7) is 1.53. The molecule has 13 heavy (non-hydrogen) atoms. The second-order valence-corrected chi connectivity index (χ2v) is 3.50. The van der Waals surface area contributed by atoms with Crippen LogP contribution in [0.3, 0.4) is 0 Å². The molecule has 0 rings (SSSR count). The fraction of sp³-hybridized carbons (Fsp3) is 1.00. The van der Waals surface area contributed by atoms with Crippen LogP contribution in [0.5, 0.6) is 0 Å². The van der Waals surface area contributed by atoms with Gasteiger partial charge in [0.2, 0.25) is 0 Å². The predicted octanol–water partition coefficient (Wildman–Crippen LogP) is 3.92. The van der Waals surface area contributed by atoms with E-state index in [1.54, 1.807) is 0 Å². The van der Waals surface area contributed by atoms with E-state index in [1.807, 2.05) is 0 Å². The summed E-state index contributed by atoms with van der Waals surface area (Å²) >= 11 is 0. The van der Waals surface area contributed by atoms with E-state index in [0.29, 0.717) is 0 Å². The Labute approximate surface area is 71.9 Å². The molecule has 0 aliphatic carbocycles. The number of hydrogen-bond donors (Lipinski definition) is 0. The molecule has 0 aliphatic heterocycles. The van der Waals surface area contributed by atoms with E-state index in [2.05, 4.69) is 0 Å². The van der Waals surface area contributed by atoms with Gasteiger partial charge < -0.3 is 0 Å². The lowest BCUT2D eigenvalue weighted by Crippen LogP contribution is -2.33. The van der Waals surface area contributed by atoms with Crippen LogP contribution in [0, 0.1) is 5.41 Å². The highest BCUT2D eigenvalue weighted by Crippen LogP contribution is 2.42. The van der Waals surface area contributed by atoms with Crippen molar-refractivity contribution in [3.05, 3.63) is 0 Å². The Morgan fingerprint density at radius 2 is 1.15 bits per heavy atom. The zero-order valence-corrected chi connectivity index (χ0v) is 7.18. The Morgan fingerprint density at radius 3 is 1.38 bits per heavy atom. The highest BCUT2D eigenvalue weighted by Gasteiger charge is 2.48. The van der Waals surface area contributed by atoms with Crippen molar-refractivity contribution in [2.75, 3.05) is 0 Å². The van der Waals surface area contributed by atoms with Gasteiger partial charge in [-0.2, -0.15) is 26.3 Å². The minimum absolute atomic E-state index is 0.763. The summed E-state index contributed by atoms with van der Waals surface area (Å²) in [4.78, 5) is 0. The SMILES string of the molecule is CC(C)(CCC(F)(F)F)C(F)(F)F. The Morgan fingerprint density at radius 1 is 0.769 bits per heavy atom. The summed E-state index contributed by atoms with van der Waals surface area (Å²) in [5.74, 6) is 0. The van der Waals surface area contributed by atoms with Gasteiger partial charge in [0.15, 0.2) is 0 Å². The number of alkyl halides is 6. The number of hydrogen-bond acceptors (Lipinski definition) is 0. The van der Waals surface area contributed by atoms with Crippen molar-refractivity contribution >= 4 is 0 Å². The van der Waals surface area contributed by atoms with Gasteiger partial charge in [-0.1, -0.05) is 13.8 Å². The minimum Gasteiger partial charge on any atom is -0.171 e. The summed E-state index contributed by atoms with van der Waals surface area (Å²) in [7, 11) is 0. The zero-order chi connectivity index (χ0) is 10.9. The topological polar surface area (TPSA) is 0 Å². The lowest BCUT2D eigenvalue weighted by molar-refractivity contribution is -0.223. The number of halogens is 6. The molecule has 0 saturated heterocycles. The fourth-order valence-corrected chi connectivity index (χ4v) is 0.596. The molecule has 0 aromatic carbocycles. The lowest BCUT2D eigenvalue weighted by atomic mass is 9.87. The van der Waals surface area contributed by atoms with Crippen LogP contribution < -0.4 is 0 Å². The van der Waals surface area contributed by atoms with E-state index in [4.69, 9.17) is 0 Å². The van der Waals surface area contributed by atoms with Crippen LogP contribution in [-0.4, -0.2) is 12.4 Å². The van der Waals surface area contributed by atoms with E-state index < -0.39 is 30.6 Å². The van der Waals surface area contributed by atoms with Gasteiger partial charge in [0.1, 0.15) is 0 Å². The first-order chi connectivity index (χ1) is 5.46. The van der Waals surface area contributed by atoms with Gasteiger partial charge in [0.25, 0.3) is 0 Å². The molecule has 6 heteroatoms. The number of rotatable bonds is 2. The Bertz CT molecular complexity index is 163. The van der Waals surface area contributed by atoms with Gasteiger partial charge >= 0.3 is 12.4 Å². The molecule has 0 aromatic rings. The molecule has 0 amide bonds. The smallest absolute Gasteiger partial charge is 0.171 e. The maximum Gasteiger partial charge on any atom is 0.393 e. The summed E-state index contributed by atoms with van der Waals surface area (Å²) in [5.41, 5.74) is -2.28. The van der Waals surface area contributed by atoms with E-state index in [1.165, 1.54) is 0 Å². The third kappa shape index (κ3) is 4.38. The summed E-state index contributed by atoms with van der Waals surface area (Å²) in [6.07, 6.45) is -11.4. The summed E-state index contributed by atoms with van der Waals surface area (Å²) < 4.78 is 70.9. The molecular formula is C7H10F6. The lowest BCUT2D eigenvalue weighted by Gasteiger charge is -2.27. The molecule has 0 bridgehead atoms. The van der Waals surface area contributed by atoms with Crippen LogP contribution in [0.15, 0.2) is 0 Å². The van der Waals surface area contributed by atoms with Gasteiger partial charge in [0, 0.05) is 6.42 Å². The maximum absolute atomic E-state index is 12.0. The van der Waals surface area contributed by atoms with E-state index in [0.717, 1.165) is 13.8 Å². The molecule has 80 valence electrons. The molecule has 0 atom stereocenters. The van der Waals surface area contributed by atoms with Crippen LogP contribution >= 0.6 is 0 Å². The van der Waals surface area contributed by atoms with Crippen LogP contribution in [0.1, 0.15) is 26.7 Å². The second kappa shape index (κ2) is 3.38. The highest BCUT2D eigenvalue weighted by molar-refractivity contribution is 4.78. The quantitative estimate of drug-likeness (QED) is 0.603. The first-order valence-electron chi connectivity index (χ1n) is 3.59. The third-order valence-electron chi connectivity index (χ3n) is 1.80. The molecule has 0 aromatic heterocycles. The van der Waals surface area contributed by atoms with Gasteiger partial charge in [-0.05, 0) is 6.42 Å². The van der Waals surface area contributed by atoms with Crippen molar-refractivity contribution in [3.63, 3.8) is 0 Å². The normalized spacial score (nSPS) is 14.8. The molecule has 0 heterocycles. The zero-order valence-electron chi connectivity index (χ0n) is 7.18. The molecule has 0 unspecified atom stereocenters. The largest absolute Gasteiger partial charge is 0.393 e. The molecule has 0 fully saturated rings. The second-order valence-electron chi connectivity index (χ2n) is 3.50. The Balaban J connectivity index is 4.21. The average molecular weight is 208 g/mol. The molecule has 0 spiro atoms. The van der Waals surface area contributed by atoms with E-state index >= 15 is 0 Å². The van der Waals surface area contributed by atoms with Gasteiger partial charge in [-0.25, -0.2) is 0 Å². The Hall–Kier alpha value is -0.420. The van der Waals surface area contributed by atoms with Gasteiger partial charge in [-0.3, -0.25) is 0 Å². The van der Waals surface area contributed by atoms with Crippen LogP contribution in [0.25, 0.3) is 0 Å². The monoisotopic (exact) mass is 208 g/mol. The maximum atomic E-state index is 12.0. The standard InChI is InChI=1S/C7H10F6/c1-5(2,7(11,12)13)3-4-6(8,9)10/h3-4H2,1-2H3. The summed E-state index contributed by atoms with van der Waals surface area (Å²) in [5, 5.41) is 0. The van der Waals surface area contributed by atoms with Crippen molar-refractivity contribution in [2.45, 2.75) is 39.0 Å². The predicted molar refractivity (Wildman–Crippen MR) is 35.1 cm³/mol. The van der Waals surface area contributed by atoms with E-state index in [-0.39, 0.29) is 0 Å². The fourth-order valence-electron chi connectivity index (χ4n) is 0.596. The van der Waals surface area contributed by atoms with Gasteiger partial charge in [-0.15, -0.1) is 0 Å². The molecule has 0 saturated carbocycles. The van der Waals surface area contributed by atoms with Crippen molar-refractivity contribution in [1.82, 2.24) is 0 Å². The molecule has 0 N–H and O–H groups in total.